The molecule has 1 amide bonds. The molecule has 5 nitrogen and oxygen atoms in total. The van der Waals surface area contributed by atoms with Gasteiger partial charge in [-0.2, -0.15) is 5.10 Å². The highest BCUT2D eigenvalue weighted by Gasteiger charge is 2.27. The molecule has 0 unspecified atom stereocenters. The van der Waals surface area contributed by atoms with E-state index in [-0.39, 0.29) is 5.91 Å². The third-order valence-corrected chi connectivity index (χ3v) is 4.13. The Hall–Kier alpha value is -2.28. The Morgan fingerprint density at radius 1 is 1.25 bits per heavy atom. The Kier molecular flexibility index (Phi) is 4.89. The quantitative estimate of drug-likeness (QED) is 0.794. The molecule has 24 heavy (non-hydrogen) atoms. The number of halogens is 2. The average Bonchev–Trinajstić information content (AvgIpc) is 3.16. The van der Waals surface area contributed by atoms with Crippen molar-refractivity contribution >= 4 is 5.91 Å². The molecular weight excluding hydrogens is 314 g/mol. The van der Waals surface area contributed by atoms with Crippen molar-refractivity contribution in [2.24, 2.45) is 0 Å². The van der Waals surface area contributed by atoms with E-state index in [0.717, 1.165) is 49.2 Å². The first-order valence-corrected chi connectivity index (χ1v) is 8.17. The number of carbonyl (C=O) groups excluding carboxylic acids is 1. The number of fused-ring (bicyclic) bond motifs is 1. The normalized spacial score (nSPS) is 13.1. The van der Waals surface area contributed by atoms with Gasteiger partial charge in [-0.1, -0.05) is 6.92 Å². The van der Waals surface area contributed by atoms with Gasteiger partial charge in [-0.25, -0.2) is 13.5 Å². The largest absolute Gasteiger partial charge is 0.349 e. The highest BCUT2D eigenvalue weighted by Crippen LogP contribution is 2.28. The lowest BCUT2D eigenvalue weighted by Crippen LogP contribution is -2.32. The molecule has 128 valence electrons. The first-order valence-electron chi connectivity index (χ1n) is 8.17. The summed E-state index contributed by atoms with van der Waals surface area (Å²) in [6, 6.07) is 3.65. The van der Waals surface area contributed by atoms with Crippen LogP contribution >= 0.6 is 0 Å². The second-order valence-electron chi connectivity index (χ2n) is 5.75. The molecule has 0 bridgehead atoms. The van der Waals surface area contributed by atoms with Crippen LogP contribution in [0.1, 0.15) is 35.1 Å². The summed E-state index contributed by atoms with van der Waals surface area (Å²) in [4.78, 5) is 12.4. The van der Waals surface area contributed by atoms with Crippen molar-refractivity contribution in [3.8, 4) is 5.69 Å². The molecule has 0 saturated carbocycles. The predicted octanol–water partition coefficient (Wildman–Crippen LogP) is 1.98. The molecule has 1 aromatic carbocycles. The van der Waals surface area contributed by atoms with Gasteiger partial charge >= 0.3 is 0 Å². The Morgan fingerprint density at radius 2 is 2.08 bits per heavy atom. The number of rotatable bonds is 6. The van der Waals surface area contributed by atoms with E-state index in [1.807, 2.05) is 6.92 Å². The van der Waals surface area contributed by atoms with Crippen molar-refractivity contribution in [2.45, 2.75) is 26.2 Å². The fourth-order valence-corrected chi connectivity index (χ4v) is 2.98. The lowest BCUT2D eigenvalue weighted by molar-refractivity contribution is 0.0947. The minimum atomic E-state index is -0.925. The SMILES string of the molecule is CCNCCNC(=O)c1nn(-c2ccc(F)c(F)c2)c2c1CCC2. The van der Waals surface area contributed by atoms with E-state index in [0.29, 0.717) is 24.5 Å². The molecule has 0 aliphatic heterocycles. The number of nitrogens with one attached hydrogen (secondary N) is 2. The molecule has 1 heterocycles. The van der Waals surface area contributed by atoms with Gasteiger partial charge < -0.3 is 10.6 Å². The standard InChI is InChI=1S/C17H20F2N4O/c1-2-20-8-9-21-17(24)16-12-4-3-5-15(12)23(22-16)11-6-7-13(18)14(19)10-11/h6-7,10,20H,2-5,8-9H2,1H3,(H,21,24). The van der Waals surface area contributed by atoms with E-state index in [2.05, 4.69) is 15.7 Å². The van der Waals surface area contributed by atoms with Crippen LogP contribution in [0.5, 0.6) is 0 Å². The van der Waals surface area contributed by atoms with E-state index >= 15 is 0 Å². The number of nitrogens with zero attached hydrogens (tertiary/aromatic N) is 2. The van der Waals surface area contributed by atoms with Crippen molar-refractivity contribution in [3.05, 3.63) is 46.8 Å². The smallest absolute Gasteiger partial charge is 0.272 e. The maximum atomic E-state index is 13.5. The summed E-state index contributed by atoms with van der Waals surface area (Å²) >= 11 is 0. The average molecular weight is 334 g/mol. The second kappa shape index (κ2) is 7.09. The van der Waals surface area contributed by atoms with E-state index in [4.69, 9.17) is 0 Å². The highest BCUT2D eigenvalue weighted by atomic mass is 19.2. The predicted molar refractivity (Wildman–Crippen MR) is 86.4 cm³/mol. The first-order chi connectivity index (χ1) is 11.6. The lowest BCUT2D eigenvalue weighted by atomic mass is 10.2. The van der Waals surface area contributed by atoms with Gasteiger partial charge in [-0.15, -0.1) is 0 Å². The Bertz CT molecular complexity index is 757. The van der Waals surface area contributed by atoms with Gasteiger partial charge in [0.2, 0.25) is 0 Å². The van der Waals surface area contributed by atoms with Gasteiger partial charge in [0, 0.05) is 30.4 Å². The van der Waals surface area contributed by atoms with Crippen LogP contribution in [0.25, 0.3) is 5.69 Å². The third kappa shape index (κ3) is 3.17. The minimum Gasteiger partial charge on any atom is -0.349 e. The fourth-order valence-electron chi connectivity index (χ4n) is 2.98. The van der Waals surface area contributed by atoms with Crippen LogP contribution in [0.3, 0.4) is 0 Å². The van der Waals surface area contributed by atoms with Crippen LogP contribution < -0.4 is 10.6 Å². The molecule has 1 aromatic heterocycles. The Morgan fingerprint density at radius 3 is 2.83 bits per heavy atom. The lowest BCUT2D eigenvalue weighted by Gasteiger charge is -2.06. The van der Waals surface area contributed by atoms with Crippen molar-refractivity contribution in [1.82, 2.24) is 20.4 Å². The number of hydrogen-bond acceptors (Lipinski definition) is 3. The number of carbonyl (C=O) groups is 1. The maximum Gasteiger partial charge on any atom is 0.272 e. The molecule has 3 rings (SSSR count). The van der Waals surface area contributed by atoms with Crippen LogP contribution in [0.2, 0.25) is 0 Å². The first kappa shape index (κ1) is 16.6. The molecule has 0 atom stereocenters. The van der Waals surface area contributed by atoms with Crippen LogP contribution in [0, 0.1) is 11.6 Å². The number of aromatic nitrogens is 2. The van der Waals surface area contributed by atoms with Gasteiger partial charge in [0.15, 0.2) is 17.3 Å². The van der Waals surface area contributed by atoms with Gasteiger partial charge in [0.05, 0.1) is 5.69 Å². The number of amides is 1. The van der Waals surface area contributed by atoms with Crippen molar-refractivity contribution in [3.63, 3.8) is 0 Å². The molecule has 0 spiro atoms. The summed E-state index contributed by atoms with van der Waals surface area (Å²) in [5.74, 6) is -2.05. The van der Waals surface area contributed by atoms with Gasteiger partial charge in [0.25, 0.3) is 5.91 Å². The molecule has 1 aliphatic carbocycles. The number of likely N-dealkylation sites (N-methyl/N-ethyl adjacent to an activating group) is 1. The third-order valence-electron chi connectivity index (χ3n) is 4.13. The zero-order valence-electron chi connectivity index (χ0n) is 13.5. The Balaban J connectivity index is 1.87. The summed E-state index contributed by atoms with van der Waals surface area (Å²) in [6.07, 6.45) is 2.47. The molecular formula is C17H20F2N4O. The topological polar surface area (TPSA) is 58.9 Å². The van der Waals surface area contributed by atoms with Gasteiger partial charge in [0.1, 0.15) is 0 Å². The van der Waals surface area contributed by atoms with Crippen LogP contribution in [-0.4, -0.2) is 35.3 Å². The zero-order valence-corrected chi connectivity index (χ0v) is 13.5. The van der Waals surface area contributed by atoms with E-state index in [1.165, 1.54) is 6.07 Å². The van der Waals surface area contributed by atoms with Crippen molar-refractivity contribution in [1.29, 1.82) is 0 Å². The Labute approximate surface area is 139 Å². The molecule has 1 aliphatic rings. The van der Waals surface area contributed by atoms with Crippen molar-refractivity contribution < 1.29 is 13.6 Å². The molecule has 0 radical (unpaired) electrons. The summed E-state index contributed by atoms with van der Waals surface area (Å²) in [5, 5.41) is 10.3. The zero-order chi connectivity index (χ0) is 17.1. The van der Waals surface area contributed by atoms with Crippen LogP contribution in [-0.2, 0) is 12.8 Å². The monoisotopic (exact) mass is 334 g/mol. The summed E-state index contributed by atoms with van der Waals surface area (Å²) in [6.45, 7) is 4.04. The number of hydrogen-bond donors (Lipinski definition) is 2. The minimum absolute atomic E-state index is 0.229. The summed E-state index contributed by atoms with van der Waals surface area (Å²) in [5.41, 5.74) is 2.61. The fraction of sp³-hybridized carbons (Fsp3) is 0.412. The van der Waals surface area contributed by atoms with E-state index in [1.54, 1.807) is 4.68 Å². The van der Waals surface area contributed by atoms with Crippen LogP contribution in [0.15, 0.2) is 18.2 Å². The molecule has 0 fully saturated rings. The summed E-state index contributed by atoms with van der Waals surface area (Å²) < 4.78 is 28.2. The number of benzene rings is 1. The van der Waals surface area contributed by atoms with Crippen molar-refractivity contribution in [2.75, 3.05) is 19.6 Å². The van der Waals surface area contributed by atoms with Crippen LogP contribution in [0.4, 0.5) is 8.78 Å². The summed E-state index contributed by atoms with van der Waals surface area (Å²) in [7, 11) is 0. The van der Waals surface area contributed by atoms with Gasteiger partial charge in [-0.05, 0) is 37.9 Å². The molecule has 2 aromatic rings. The molecule has 2 N–H and O–H groups in total. The molecule has 7 heteroatoms. The molecule has 0 saturated heterocycles. The van der Waals surface area contributed by atoms with Gasteiger partial charge in [-0.3, -0.25) is 4.79 Å². The van der Waals surface area contributed by atoms with E-state index in [9.17, 15) is 13.6 Å². The second-order valence-corrected chi connectivity index (χ2v) is 5.75. The van der Waals surface area contributed by atoms with E-state index < -0.39 is 11.6 Å². The maximum absolute atomic E-state index is 13.5. The highest BCUT2D eigenvalue weighted by molar-refractivity contribution is 5.94.